The van der Waals surface area contributed by atoms with Gasteiger partial charge in [0.05, 0.1) is 0 Å². The Morgan fingerprint density at radius 2 is 1.75 bits per heavy atom. The molecule has 0 amide bonds. The zero-order valence-electron chi connectivity index (χ0n) is 10.6. The molecule has 0 fully saturated rings. The zero-order valence-corrected chi connectivity index (χ0v) is 10.6. The monoisotopic (exact) mass is 220 g/mol. The summed E-state index contributed by atoms with van der Waals surface area (Å²) in [7, 11) is 0. The predicted molar refractivity (Wildman–Crippen MR) is 70.3 cm³/mol. The summed E-state index contributed by atoms with van der Waals surface area (Å²) in [5, 5.41) is 3.59. The molecule has 0 spiro atoms. The van der Waals surface area contributed by atoms with E-state index in [4.69, 9.17) is 5.73 Å². The molecule has 0 unspecified atom stereocenters. The van der Waals surface area contributed by atoms with E-state index in [1.54, 1.807) is 0 Å². The number of rotatable bonds is 6. The van der Waals surface area contributed by atoms with E-state index >= 15 is 0 Å². The maximum atomic E-state index is 5.78. The van der Waals surface area contributed by atoms with Crippen LogP contribution in [0.15, 0.2) is 30.3 Å². The Bertz CT molecular complexity index is 282. The fraction of sp³-hybridized carbons (Fsp3) is 0.571. The summed E-state index contributed by atoms with van der Waals surface area (Å²) in [6.07, 6.45) is 1.13. The Kier molecular flexibility index (Phi) is 5.50. The standard InChI is InChI=1S/C14H24N2/c1-11(2)9-14(10-15)16-12(3)13-7-5-4-6-8-13/h4-8,11-12,14,16H,9-10,15H2,1-3H3/t12-,14+/m0/s1. The third kappa shape index (κ3) is 4.33. The first-order valence-electron chi connectivity index (χ1n) is 6.14. The van der Waals surface area contributed by atoms with E-state index in [-0.39, 0.29) is 0 Å². The predicted octanol–water partition coefficient (Wildman–Crippen LogP) is 2.71. The summed E-state index contributed by atoms with van der Waals surface area (Å²) in [4.78, 5) is 0. The fourth-order valence-corrected chi connectivity index (χ4v) is 1.99. The first kappa shape index (κ1) is 13.2. The minimum Gasteiger partial charge on any atom is -0.329 e. The minimum atomic E-state index is 0.369. The SMILES string of the molecule is CC(C)C[C@H](CN)N[C@@H](C)c1ccccc1. The van der Waals surface area contributed by atoms with Gasteiger partial charge in [0, 0.05) is 18.6 Å². The number of hydrogen-bond donors (Lipinski definition) is 2. The van der Waals surface area contributed by atoms with Gasteiger partial charge in [-0.2, -0.15) is 0 Å². The average molecular weight is 220 g/mol. The highest BCUT2D eigenvalue weighted by molar-refractivity contribution is 5.18. The molecule has 0 saturated carbocycles. The van der Waals surface area contributed by atoms with Gasteiger partial charge in [0.2, 0.25) is 0 Å². The second kappa shape index (κ2) is 6.66. The maximum Gasteiger partial charge on any atom is 0.0294 e. The van der Waals surface area contributed by atoms with Crippen molar-refractivity contribution < 1.29 is 0 Å². The van der Waals surface area contributed by atoms with E-state index in [2.05, 4.69) is 50.4 Å². The lowest BCUT2D eigenvalue weighted by molar-refractivity contribution is 0.390. The number of nitrogens with one attached hydrogen (secondary N) is 1. The molecule has 2 atom stereocenters. The van der Waals surface area contributed by atoms with E-state index < -0.39 is 0 Å². The Morgan fingerprint density at radius 1 is 1.12 bits per heavy atom. The Balaban J connectivity index is 2.52. The average Bonchev–Trinajstić information content (AvgIpc) is 2.28. The first-order valence-corrected chi connectivity index (χ1v) is 6.14. The Labute approximate surface area is 99.2 Å². The molecule has 2 nitrogen and oxygen atoms in total. The summed E-state index contributed by atoms with van der Waals surface area (Å²) < 4.78 is 0. The van der Waals surface area contributed by atoms with Crippen molar-refractivity contribution in [2.45, 2.75) is 39.3 Å². The van der Waals surface area contributed by atoms with Gasteiger partial charge >= 0.3 is 0 Å². The first-order chi connectivity index (χ1) is 7.63. The molecular formula is C14H24N2. The van der Waals surface area contributed by atoms with Crippen LogP contribution >= 0.6 is 0 Å². The van der Waals surface area contributed by atoms with Gasteiger partial charge in [0.1, 0.15) is 0 Å². The highest BCUT2D eigenvalue weighted by Gasteiger charge is 2.12. The molecule has 0 aliphatic rings. The lowest BCUT2D eigenvalue weighted by Crippen LogP contribution is -2.38. The molecule has 0 heterocycles. The lowest BCUT2D eigenvalue weighted by Gasteiger charge is -2.23. The maximum absolute atomic E-state index is 5.78. The third-order valence-electron chi connectivity index (χ3n) is 2.83. The van der Waals surface area contributed by atoms with E-state index in [0.717, 1.165) is 6.42 Å². The normalized spacial score (nSPS) is 15.1. The van der Waals surface area contributed by atoms with Crippen molar-refractivity contribution in [3.05, 3.63) is 35.9 Å². The molecule has 0 aliphatic carbocycles. The topological polar surface area (TPSA) is 38.0 Å². The molecule has 90 valence electrons. The highest BCUT2D eigenvalue weighted by Crippen LogP contribution is 2.14. The van der Waals surface area contributed by atoms with Crippen LogP contribution in [0.4, 0.5) is 0 Å². The summed E-state index contributed by atoms with van der Waals surface area (Å²) in [6.45, 7) is 7.36. The van der Waals surface area contributed by atoms with Gasteiger partial charge in [-0.1, -0.05) is 44.2 Å². The van der Waals surface area contributed by atoms with E-state index in [1.165, 1.54) is 5.56 Å². The van der Waals surface area contributed by atoms with Crippen molar-refractivity contribution in [1.82, 2.24) is 5.32 Å². The van der Waals surface area contributed by atoms with Crippen molar-refractivity contribution in [2.75, 3.05) is 6.54 Å². The van der Waals surface area contributed by atoms with Gasteiger partial charge in [0.25, 0.3) is 0 Å². The highest BCUT2D eigenvalue weighted by atomic mass is 15.0. The summed E-state index contributed by atoms with van der Waals surface area (Å²) in [5.74, 6) is 0.684. The van der Waals surface area contributed by atoms with Crippen LogP contribution in [-0.2, 0) is 0 Å². The second-order valence-electron chi connectivity index (χ2n) is 4.86. The summed E-state index contributed by atoms with van der Waals surface area (Å²) >= 11 is 0. The van der Waals surface area contributed by atoms with E-state index in [9.17, 15) is 0 Å². The van der Waals surface area contributed by atoms with Crippen LogP contribution in [0.2, 0.25) is 0 Å². The zero-order chi connectivity index (χ0) is 12.0. The smallest absolute Gasteiger partial charge is 0.0294 e. The number of nitrogens with two attached hydrogens (primary N) is 1. The molecule has 1 aromatic rings. The molecule has 0 aliphatic heterocycles. The summed E-state index contributed by atoms with van der Waals surface area (Å²) in [5.41, 5.74) is 7.11. The van der Waals surface area contributed by atoms with Crippen molar-refractivity contribution in [2.24, 2.45) is 11.7 Å². The molecule has 1 aromatic carbocycles. The van der Waals surface area contributed by atoms with Crippen molar-refractivity contribution >= 4 is 0 Å². The number of hydrogen-bond acceptors (Lipinski definition) is 2. The van der Waals surface area contributed by atoms with E-state index in [1.807, 2.05) is 6.07 Å². The molecule has 0 radical (unpaired) electrons. The number of benzene rings is 1. The second-order valence-corrected chi connectivity index (χ2v) is 4.86. The van der Waals surface area contributed by atoms with Crippen LogP contribution in [0.1, 0.15) is 38.8 Å². The molecule has 3 N–H and O–H groups in total. The summed E-state index contributed by atoms with van der Waals surface area (Å²) in [6, 6.07) is 11.3. The van der Waals surface area contributed by atoms with Crippen LogP contribution in [0, 0.1) is 5.92 Å². The molecule has 16 heavy (non-hydrogen) atoms. The van der Waals surface area contributed by atoms with Gasteiger partial charge < -0.3 is 11.1 Å². The van der Waals surface area contributed by atoms with Crippen molar-refractivity contribution in [3.8, 4) is 0 Å². The quantitative estimate of drug-likeness (QED) is 0.773. The van der Waals surface area contributed by atoms with Gasteiger partial charge in [0.15, 0.2) is 0 Å². The van der Waals surface area contributed by atoms with Crippen LogP contribution in [0.25, 0.3) is 0 Å². The van der Waals surface area contributed by atoms with Crippen LogP contribution < -0.4 is 11.1 Å². The fourth-order valence-electron chi connectivity index (χ4n) is 1.99. The van der Waals surface area contributed by atoms with Gasteiger partial charge in [-0.3, -0.25) is 0 Å². The molecular weight excluding hydrogens is 196 g/mol. The van der Waals surface area contributed by atoms with Crippen molar-refractivity contribution in [1.29, 1.82) is 0 Å². The molecule has 0 saturated heterocycles. The minimum absolute atomic E-state index is 0.369. The molecule has 0 bridgehead atoms. The Hall–Kier alpha value is -0.860. The Morgan fingerprint density at radius 3 is 2.25 bits per heavy atom. The van der Waals surface area contributed by atoms with Gasteiger partial charge in [-0.15, -0.1) is 0 Å². The van der Waals surface area contributed by atoms with Crippen LogP contribution in [0.5, 0.6) is 0 Å². The molecule has 2 heteroatoms. The molecule has 1 rings (SSSR count). The third-order valence-corrected chi connectivity index (χ3v) is 2.83. The van der Waals surface area contributed by atoms with E-state index in [0.29, 0.717) is 24.5 Å². The largest absolute Gasteiger partial charge is 0.329 e. The van der Waals surface area contributed by atoms with Gasteiger partial charge in [-0.25, -0.2) is 0 Å². The van der Waals surface area contributed by atoms with Crippen LogP contribution in [-0.4, -0.2) is 12.6 Å². The molecule has 0 aromatic heterocycles. The van der Waals surface area contributed by atoms with Gasteiger partial charge in [-0.05, 0) is 24.8 Å². The van der Waals surface area contributed by atoms with Crippen LogP contribution in [0.3, 0.4) is 0 Å². The van der Waals surface area contributed by atoms with Crippen molar-refractivity contribution in [3.63, 3.8) is 0 Å². The lowest BCUT2D eigenvalue weighted by atomic mass is 10.0.